The number of likely N-dealkylation sites (N-methyl/N-ethyl adjacent to an activating group) is 1. The van der Waals surface area contributed by atoms with E-state index >= 15 is 0 Å². The molecule has 1 amide bonds. The van der Waals surface area contributed by atoms with Crippen molar-refractivity contribution in [1.82, 2.24) is 9.80 Å². The Morgan fingerprint density at radius 3 is 2.68 bits per heavy atom. The number of halogens is 2. The van der Waals surface area contributed by atoms with E-state index in [4.69, 9.17) is 17.0 Å². The van der Waals surface area contributed by atoms with Gasteiger partial charge in [-0.05, 0) is 67.7 Å². The maximum absolute atomic E-state index is 13.5. The molecule has 1 aromatic heterocycles. The van der Waals surface area contributed by atoms with Crippen LogP contribution in [-0.2, 0) is 14.3 Å². The van der Waals surface area contributed by atoms with Crippen LogP contribution < -0.4 is 0 Å². The lowest BCUT2D eigenvalue weighted by Crippen LogP contribution is -2.29. The zero-order valence-corrected chi connectivity index (χ0v) is 21.5. The number of carbonyl (C=O) groups excluding carboxylic acids is 2. The van der Waals surface area contributed by atoms with E-state index in [1.54, 1.807) is 11.0 Å². The van der Waals surface area contributed by atoms with E-state index in [9.17, 15) is 18.4 Å². The quantitative estimate of drug-likeness (QED) is 0.166. The fraction of sp³-hybridized carbons (Fsp3) is 0.375. The van der Waals surface area contributed by atoms with Crippen molar-refractivity contribution in [2.45, 2.75) is 25.7 Å². The van der Waals surface area contributed by atoms with Gasteiger partial charge in [0.05, 0.1) is 4.91 Å². The van der Waals surface area contributed by atoms with Crippen LogP contribution >= 0.6 is 35.3 Å². The lowest BCUT2D eigenvalue weighted by Gasteiger charge is -2.14. The highest BCUT2D eigenvalue weighted by Crippen LogP contribution is 2.35. The summed E-state index contributed by atoms with van der Waals surface area (Å²) in [4.78, 5) is 29.4. The van der Waals surface area contributed by atoms with Gasteiger partial charge < -0.3 is 9.64 Å². The first-order valence-electron chi connectivity index (χ1n) is 10.8. The molecule has 1 saturated heterocycles. The van der Waals surface area contributed by atoms with Crippen LogP contribution in [0.15, 0.2) is 34.6 Å². The summed E-state index contributed by atoms with van der Waals surface area (Å²) in [5, 5.41) is 1.84. The summed E-state index contributed by atoms with van der Waals surface area (Å²) in [6.07, 6.45) is 4.38. The van der Waals surface area contributed by atoms with Crippen molar-refractivity contribution in [3.8, 4) is 11.1 Å². The third-order valence-corrected chi connectivity index (χ3v) is 7.34. The molecule has 1 fully saturated rings. The third-order valence-electron chi connectivity index (χ3n) is 5.08. The van der Waals surface area contributed by atoms with Crippen LogP contribution in [0, 0.1) is 11.6 Å². The van der Waals surface area contributed by atoms with E-state index in [-0.39, 0.29) is 11.9 Å². The van der Waals surface area contributed by atoms with Gasteiger partial charge in [-0.1, -0.05) is 36.5 Å². The summed E-state index contributed by atoms with van der Waals surface area (Å²) >= 11 is 8.05. The largest absolute Gasteiger partial charge is 0.464 e. The molecule has 0 radical (unpaired) electrons. The molecule has 0 unspecified atom stereocenters. The van der Waals surface area contributed by atoms with Gasteiger partial charge in [-0.2, -0.15) is 0 Å². The van der Waals surface area contributed by atoms with Gasteiger partial charge in [0.1, 0.15) is 10.9 Å². The maximum atomic E-state index is 13.5. The van der Waals surface area contributed by atoms with E-state index in [1.165, 1.54) is 29.2 Å². The average molecular weight is 525 g/mol. The minimum Gasteiger partial charge on any atom is -0.464 e. The number of carbonyl (C=O) groups is 2. The smallest absolute Gasteiger partial charge is 0.305 e. The van der Waals surface area contributed by atoms with Gasteiger partial charge in [0.25, 0.3) is 5.91 Å². The molecule has 5 nitrogen and oxygen atoms in total. The molecule has 1 aliphatic heterocycles. The van der Waals surface area contributed by atoms with Crippen molar-refractivity contribution in [1.29, 1.82) is 0 Å². The summed E-state index contributed by atoms with van der Waals surface area (Å²) in [5.41, 5.74) is 1.33. The molecule has 0 saturated carbocycles. The Morgan fingerprint density at radius 2 is 1.94 bits per heavy atom. The van der Waals surface area contributed by atoms with Crippen LogP contribution in [0.5, 0.6) is 0 Å². The molecule has 0 atom stereocenters. The summed E-state index contributed by atoms with van der Waals surface area (Å²) in [5.74, 6) is -2.12. The highest BCUT2D eigenvalue weighted by molar-refractivity contribution is 8.26. The lowest BCUT2D eigenvalue weighted by atomic mass is 10.1. The molecule has 34 heavy (non-hydrogen) atoms. The molecule has 0 bridgehead atoms. The first-order chi connectivity index (χ1) is 16.2. The second-order valence-corrected chi connectivity index (χ2v) is 10.7. The van der Waals surface area contributed by atoms with Crippen molar-refractivity contribution in [2.24, 2.45) is 0 Å². The maximum Gasteiger partial charge on any atom is 0.305 e. The summed E-state index contributed by atoms with van der Waals surface area (Å²) in [6, 6.07) is 5.61. The second-order valence-electron chi connectivity index (χ2n) is 8.03. The molecule has 182 valence electrons. The number of esters is 1. The van der Waals surface area contributed by atoms with E-state index in [1.807, 2.05) is 30.4 Å². The van der Waals surface area contributed by atoms with Crippen LogP contribution in [0.1, 0.15) is 30.6 Å². The number of unbranched alkanes of at least 4 members (excludes halogenated alkanes) is 2. The monoisotopic (exact) mass is 524 g/mol. The van der Waals surface area contributed by atoms with Gasteiger partial charge >= 0.3 is 5.97 Å². The van der Waals surface area contributed by atoms with Gasteiger partial charge in [0.2, 0.25) is 0 Å². The predicted molar refractivity (Wildman–Crippen MR) is 138 cm³/mol. The summed E-state index contributed by atoms with van der Waals surface area (Å²) in [6.45, 7) is 1.59. The molecule has 2 heterocycles. The van der Waals surface area contributed by atoms with E-state index in [2.05, 4.69) is 0 Å². The second kappa shape index (κ2) is 12.5. The normalized spacial score (nSPS) is 15.1. The Labute approximate surface area is 211 Å². The van der Waals surface area contributed by atoms with Gasteiger partial charge in [0, 0.05) is 24.4 Å². The van der Waals surface area contributed by atoms with Gasteiger partial charge in [-0.25, -0.2) is 8.78 Å². The number of amides is 1. The number of hydrogen-bond donors (Lipinski definition) is 0. The molecule has 3 rings (SSSR count). The minimum absolute atomic E-state index is 0.138. The van der Waals surface area contributed by atoms with Gasteiger partial charge in [-0.3, -0.25) is 14.5 Å². The number of hydrogen-bond acceptors (Lipinski definition) is 7. The number of ether oxygens (including phenoxy) is 1. The van der Waals surface area contributed by atoms with Crippen molar-refractivity contribution in [3.63, 3.8) is 0 Å². The average Bonchev–Trinajstić information content (AvgIpc) is 3.35. The first kappa shape index (κ1) is 26.5. The number of nitrogens with zero attached hydrogens (tertiary/aromatic N) is 2. The number of thioether (sulfide) groups is 1. The highest BCUT2D eigenvalue weighted by Gasteiger charge is 2.31. The molecule has 0 N–H and O–H groups in total. The molecule has 0 aliphatic carbocycles. The van der Waals surface area contributed by atoms with Crippen LogP contribution in [0.3, 0.4) is 0 Å². The topological polar surface area (TPSA) is 49.9 Å². The number of thiocarbonyl (C=S) groups is 1. The Kier molecular flexibility index (Phi) is 9.75. The third kappa shape index (κ3) is 7.43. The summed E-state index contributed by atoms with van der Waals surface area (Å²) in [7, 11) is 3.84. The zero-order chi connectivity index (χ0) is 24.7. The molecule has 0 spiro atoms. The lowest BCUT2D eigenvalue weighted by molar-refractivity contribution is -0.144. The van der Waals surface area contributed by atoms with E-state index in [0.29, 0.717) is 47.3 Å². The molecule has 1 aliphatic rings. The number of thiophene rings is 1. The van der Waals surface area contributed by atoms with E-state index in [0.717, 1.165) is 35.4 Å². The Bertz CT molecular complexity index is 1090. The molecule has 2 aromatic rings. The summed E-state index contributed by atoms with van der Waals surface area (Å²) < 4.78 is 32.4. The van der Waals surface area contributed by atoms with Crippen LogP contribution in [0.2, 0.25) is 0 Å². The van der Waals surface area contributed by atoms with Gasteiger partial charge in [-0.15, -0.1) is 11.3 Å². The van der Waals surface area contributed by atoms with Crippen LogP contribution in [-0.4, -0.2) is 59.8 Å². The molecule has 10 heteroatoms. The zero-order valence-electron chi connectivity index (χ0n) is 19.0. The SMILES string of the molecule is CN(C)CCOC(=O)CCCCCN1C(=O)/C(=C/c2cc(-c3ccc(F)c(F)c3)cs2)SC1=S. The fourth-order valence-electron chi connectivity index (χ4n) is 3.21. The number of benzene rings is 1. The first-order valence-corrected chi connectivity index (χ1v) is 12.9. The van der Waals surface area contributed by atoms with E-state index < -0.39 is 11.6 Å². The molecule has 1 aromatic carbocycles. The number of rotatable bonds is 11. The Balaban J connectivity index is 1.47. The van der Waals surface area contributed by atoms with Gasteiger partial charge in [0.15, 0.2) is 11.6 Å². The van der Waals surface area contributed by atoms with Crippen molar-refractivity contribution < 1.29 is 23.1 Å². The Hall–Kier alpha value is -2.14. The molecular formula is C24H26F2N2O3S3. The minimum atomic E-state index is -0.896. The fourth-order valence-corrected chi connectivity index (χ4v) is 5.43. The predicted octanol–water partition coefficient (Wildman–Crippen LogP) is 5.56. The van der Waals surface area contributed by atoms with Crippen LogP contribution in [0.4, 0.5) is 8.78 Å². The highest BCUT2D eigenvalue weighted by atomic mass is 32.2. The molecular weight excluding hydrogens is 498 g/mol. The Morgan fingerprint density at radius 1 is 1.15 bits per heavy atom. The standard InChI is InChI=1S/C24H26F2N2O3S3/c1-27(2)10-11-31-22(29)6-4-3-5-9-28-23(30)21(34-24(28)32)14-18-12-17(15-33-18)16-7-8-19(25)20(26)13-16/h7-8,12-15H,3-6,9-11H2,1-2H3/b21-14-. The van der Waals surface area contributed by atoms with Crippen LogP contribution in [0.25, 0.3) is 17.2 Å². The van der Waals surface area contributed by atoms with Crippen molar-refractivity contribution in [2.75, 3.05) is 33.8 Å². The van der Waals surface area contributed by atoms with Crippen molar-refractivity contribution >= 4 is 57.6 Å². The van der Waals surface area contributed by atoms with Crippen molar-refractivity contribution in [3.05, 3.63) is 51.1 Å².